The monoisotopic (exact) mass is 379 g/mol. The second-order valence-electron chi connectivity index (χ2n) is 7.54. The van der Waals surface area contributed by atoms with Crippen molar-refractivity contribution in [2.24, 2.45) is 0 Å². The molecule has 0 aromatic heterocycles. The highest BCUT2D eigenvalue weighted by Crippen LogP contribution is 2.22. The fourth-order valence-electron chi connectivity index (χ4n) is 2.91. The van der Waals surface area contributed by atoms with Crippen LogP contribution in [0.4, 0.5) is 5.69 Å². The van der Waals surface area contributed by atoms with E-state index >= 15 is 0 Å². The number of para-hydroxylation sites is 1. The van der Waals surface area contributed by atoms with E-state index in [1.54, 1.807) is 48.5 Å². The summed E-state index contributed by atoms with van der Waals surface area (Å²) in [5.74, 6) is -1.90. The molecule has 0 atom stereocenters. The summed E-state index contributed by atoms with van der Waals surface area (Å²) in [7, 11) is 0. The van der Waals surface area contributed by atoms with E-state index in [0.717, 1.165) is 4.90 Å². The molecule has 7 nitrogen and oxygen atoms in total. The lowest BCUT2D eigenvalue weighted by atomic mass is 10.1. The molecule has 1 heterocycles. The van der Waals surface area contributed by atoms with Crippen molar-refractivity contribution in [1.29, 1.82) is 0 Å². The van der Waals surface area contributed by atoms with Gasteiger partial charge in [0.15, 0.2) is 0 Å². The Morgan fingerprint density at radius 3 is 2.00 bits per heavy atom. The average molecular weight is 379 g/mol. The molecule has 0 unspecified atom stereocenters. The molecule has 28 heavy (non-hydrogen) atoms. The molecule has 7 heteroatoms. The number of amides is 4. The zero-order valence-corrected chi connectivity index (χ0v) is 15.9. The number of rotatable bonds is 4. The van der Waals surface area contributed by atoms with Crippen LogP contribution in [0.5, 0.6) is 0 Å². The van der Waals surface area contributed by atoms with Crippen LogP contribution < -0.4 is 10.6 Å². The van der Waals surface area contributed by atoms with Gasteiger partial charge < -0.3 is 10.6 Å². The second-order valence-corrected chi connectivity index (χ2v) is 7.54. The summed E-state index contributed by atoms with van der Waals surface area (Å²) in [5.41, 5.74) is 0.739. The SMILES string of the molecule is CC(C)(C)NC(=O)c1ccccc1NC(=O)CN1C(=O)c2ccccc2C1=O. The smallest absolute Gasteiger partial charge is 0.262 e. The summed E-state index contributed by atoms with van der Waals surface area (Å²) in [6.45, 7) is 5.14. The Bertz CT molecular complexity index is 941. The standard InChI is InChI=1S/C21H21N3O4/c1-21(2,3)23-18(26)15-10-6-7-11-16(15)22-17(25)12-24-19(27)13-8-4-5-9-14(13)20(24)28/h4-11H,12H2,1-3H3,(H,22,25)(H,23,26). The topological polar surface area (TPSA) is 95.6 Å². The molecule has 144 valence electrons. The molecule has 2 aromatic rings. The van der Waals surface area contributed by atoms with Gasteiger partial charge >= 0.3 is 0 Å². The first-order chi connectivity index (χ1) is 13.2. The Morgan fingerprint density at radius 2 is 1.43 bits per heavy atom. The van der Waals surface area contributed by atoms with Crippen LogP contribution in [0, 0.1) is 0 Å². The Hall–Kier alpha value is -3.48. The predicted molar refractivity (Wildman–Crippen MR) is 104 cm³/mol. The van der Waals surface area contributed by atoms with Crippen molar-refractivity contribution in [1.82, 2.24) is 10.2 Å². The van der Waals surface area contributed by atoms with E-state index in [1.165, 1.54) is 0 Å². The molecule has 0 fully saturated rings. The van der Waals surface area contributed by atoms with Gasteiger partial charge in [0.1, 0.15) is 6.54 Å². The molecule has 1 aliphatic heterocycles. The van der Waals surface area contributed by atoms with Gasteiger partial charge in [-0.1, -0.05) is 24.3 Å². The van der Waals surface area contributed by atoms with Crippen LogP contribution in [-0.4, -0.2) is 40.6 Å². The molecule has 0 radical (unpaired) electrons. The number of carbonyl (C=O) groups is 4. The molecule has 0 saturated carbocycles. The Labute approximate surface area is 162 Å². The molecule has 1 aliphatic rings. The second kappa shape index (κ2) is 7.26. The van der Waals surface area contributed by atoms with Crippen LogP contribution in [0.25, 0.3) is 0 Å². The van der Waals surface area contributed by atoms with Gasteiger partial charge in [0, 0.05) is 5.54 Å². The maximum atomic E-state index is 12.5. The van der Waals surface area contributed by atoms with Crippen LogP contribution >= 0.6 is 0 Å². The Morgan fingerprint density at radius 1 is 0.893 bits per heavy atom. The number of carbonyl (C=O) groups excluding carboxylic acids is 4. The molecular formula is C21H21N3O4. The van der Waals surface area contributed by atoms with E-state index in [4.69, 9.17) is 0 Å². The van der Waals surface area contributed by atoms with Crippen LogP contribution in [0.2, 0.25) is 0 Å². The molecule has 2 N–H and O–H groups in total. The van der Waals surface area contributed by atoms with Crippen molar-refractivity contribution >= 4 is 29.3 Å². The van der Waals surface area contributed by atoms with Gasteiger partial charge in [-0.15, -0.1) is 0 Å². The minimum absolute atomic E-state index is 0.283. The number of nitrogens with zero attached hydrogens (tertiary/aromatic N) is 1. The van der Waals surface area contributed by atoms with Gasteiger partial charge in [-0.3, -0.25) is 24.1 Å². The number of anilines is 1. The molecule has 0 bridgehead atoms. The zero-order valence-electron chi connectivity index (χ0n) is 15.9. The quantitative estimate of drug-likeness (QED) is 0.798. The summed E-state index contributed by atoms with van der Waals surface area (Å²) < 4.78 is 0. The van der Waals surface area contributed by atoms with Crippen molar-refractivity contribution in [2.45, 2.75) is 26.3 Å². The van der Waals surface area contributed by atoms with Crippen LogP contribution in [-0.2, 0) is 4.79 Å². The first-order valence-corrected chi connectivity index (χ1v) is 8.84. The van der Waals surface area contributed by atoms with Gasteiger partial charge in [-0.05, 0) is 45.0 Å². The Kier molecular flexibility index (Phi) is 5.00. The van der Waals surface area contributed by atoms with E-state index in [1.807, 2.05) is 20.8 Å². The van der Waals surface area contributed by atoms with Gasteiger partial charge in [0.05, 0.1) is 22.4 Å². The molecular weight excluding hydrogens is 358 g/mol. The minimum atomic E-state index is -0.564. The van der Waals surface area contributed by atoms with Crippen molar-refractivity contribution in [3.05, 3.63) is 65.2 Å². The van der Waals surface area contributed by atoms with E-state index in [9.17, 15) is 19.2 Å². The van der Waals surface area contributed by atoms with Crippen molar-refractivity contribution in [3.8, 4) is 0 Å². The highest BCUT2D eigenvalue weighted by atomic mass is 16.2. The lowest BCUT2D eigenvalue weighted by Crippen LogP contribution is -2.41. The van der Waals surface area contributed by atoms with E-state index < -0.39 is 29.8 Å². The third kappa shape index (κ3) is 3.93. The van der Waals surface area contributed by atoms with Gasteiger partial charge in [-0.2, -0.15) is 0 Å². The highest BCUT2D eigenvalue weighted by molar-refractivity contribution is 6.22. The third-order valence-electron chi connectivity index (χ3n) is 4.11. The van der Waals surface area contributed by atoms with Crippen LogP contribution in [0.3, 0.4) is 0 Å². The third-order valence-corrected chi connectivity index (χ3v) is 4.11. The van der Waals surface area contributed by atoms with Gasteiger partial charge in [-0.25, -0.2) is 0 Å². The number of hydrogen-bond donors (Lipinski definition) is 2. The summed E-state index contributed by atoms with van der Waals surface area (Å²) in [5, 5.41) is 5.47. The summed E-state index contributed by atoms with van der Waals surface area (Å²) in [6, 6.07) is 13.0. The van der Waals surface area contributed by atoms with E-state index in [-0.39, 0.29) is 17.0 Å². The number of benzene rings is 2. The summed E-state index contributed by atoms with van der Waals surface area (Å²) in [6.07, 6.45) is 0. The minimum Gasteiger partial charge on any atom is -0.347 e. The number of imide groups is 1. The van der Waals surface area contributed by atoms with Gasteiger partial charge in [0.25, 0.3) is 17.7 Å². The molecule has 3 rings (SSSR count). The Balaban J connectivity index is 1.74. The molecule has 4 amide bonds. The van der Waals surface area contributed by atoms with E-state index in [2.05, 4.69) is 10.6 Å². The predicted octanol–water partition coefficient (Wildman–Crippen LogP) is 2.45. The maximum absolute atomic E-state index is 12.5. The van der Waals surface area contributed by atoms with E-state index in [0.29, 0.717) is 11.3 Å². The lowest BCUT2D eigenvalue weighted by molar-refractivity contribution is -0.116. The summed E-state index contributed by atoms with van der Waals surface area (Å²) in [4.78, 5) is 50.6. The largest absolute Gasteiger partial charge is 0.347 e. The average Bonchev–Trinajstić information content (AvgIpc) is 2.86. The normalized spacial score (nSPS) is 13.3. The maximum Gasteiger partial charge on any atom is 0.262 e. The lowest BCUT2D eigenvalue weighted by Gasteiger charge is -2.21. The number of hydrogen-bond acceptors (Lipinski definition) is 4. The fourth-order valence-corrected chi connectivity index (χ4v) is 2.91. The molecule has 0 saturated heterocycles. The molecule has 2 aromatic carbocycles. The van der Waals surface area contributed by atoms with Crippen molar-refractivity contribution in [2.75, 3.05) is 11.9 Å². The number of fused-ring (bicyclic) bond motifs is 1. The van der Waals surface area contributed by atoms with Crippen LogP contribution in [0.1, 0.15) is 51.8 Å². The summed E-state index contributed by atoms with van der Waals surface area (Å²) >= 11 is 0. The first kappa shape index (κ1) is 19.3. The molecule has 0 spiro atoms. The zero-order chi connectivity index (χ0) is 20.5. The first-order valence-electron chi connectivity index (χ1n) is 8.84. The van der Waals surface area contributed by atoms with Gasteiger partial charge in [0.2, 0.25) is 5.91 Å². The fraction of sp³-hybridized carbons (Fsp3) is 0.238. The van der Waals surface area contributed by atoms with Crippen LogP contribution in [0.15, 0.2) is 48.5 Å². The number of nitrogens with one attached hydrogen (secondary N) is 2. The van der Waals surface area contributed by atoms with Crippen molar-refractivity contribution in [3.63, 3.8) is 0 Å². The van der Waals surface area contributed by atoms with Crippen molar-refractivity contribution < 1.29 is 19.2 Å². The molecule has 0 aliphatic carbocycles. The highest BCUT2D eigenvalue weighted by Gasteiger charge is 2.36.